The zero-order chi connectivity index (χ0) is 23.8. The van der Waals surface area contributed by atoms with Crippen LogP contribution in [-0.4, -0.2) is 46.4 Å². The number of amides is 1. The van der Waals surface area contributed by atoms with E-state index in [0.29, 0.717) is 12.8 Å². The topological polar surface area (TPSA) is 66.8 Å². The number of carbonyl (C=O) groups is 2. The maximum absolute atomic E-state index is 13.1. The molecule has 4 rings (SSSR count). The molecule has 2 aromatic rings. The summed E-state index contributed by atoms with van der Waals surface area (Å²) in [5.41, 5.74) is 2.41. The van der Waals surface area contributed by atoms with Crippen molar-refractivity contribution in [3.63, 3.8) is 0 Å². The number of benzene rings is 2. The molecule has 2 aliphatic carbocycles. The van der Waals surface area contributed by atoms with Crippen LogP contribution in [0.15, 0.2) is 48.5 Å². The summed E-state index contributed by atoms with van der Waals surface area (Å²) in [4.78, 5) is 26.4. The lowest BCUT2D eigenvalue weighted by atomic mass is 9.92. The first kappa shape index (κ1) is 23.1. The third-order valence-corrected chi connectivity index (χ3v) is 6.56. The van der Waals surface area contributed by atoms with Gasteiger partial charge in [-0.15, -0.1) is 0 Å². The largest absolute Gasteiger partial charge is 0.480 e. The van der Waals surface area contributed by atoms with Crippen molar-refractivity contribution >= 4 is 12.1 Å². The number of carboxylic acids is 1. The van der Waals surface area contributed by atoms with E-state index in [9.17, 15) is 27.9 Å². The third kappa shape index (κ3) is 4.70. The molecule has 33 heavy (non-hydrogen) atoms. The van der Waals surface area contributed by atoms with Crippen molar-refractivity contribution in [1.82, 2.24) is 4.90 Å². The van der Waals surface area contributed by atoms with Crippen LogP contribution in [0.4, 0.5) is 18.0 Å². The molecule has 2 aromatic carbocycles. The second-order valence-electron chi connectivity index (χ2n) is 8.95. The van der Waals surface area contributed by atoms with Crippen LogP contribution >= 0.6 is 0 Å². The second kappa shape index (κ2) is 8.72. The molecule has 0 aromatic heterocycles. The summed E-state index contributed by atoms with van der Waals surface area (Å²) < 4.78 is 43.6. The minimum absolute atomic E-state index is 0.0222. The van der Waals surface area contributed by atoms with Crippen LogP contribution in [0.25, 0.3) is 11.1 Å². The molecule has 2 aliphatic rings. The fraction of sp³-hybridized carbons (Fsp3) is 0.440. The van der Waals surface area contributed by atoms with Crippen LogP contribution in [0.5, 0.6) is 0 Å². The van der Waals surface area contributed by atoms with E-state index in [4.69, 9.17) is 4.74 Å². The molecular formula is C25H26F3NO4. The number of carbonyl (C=O) groups excluding carboxylic acids is 1. The van der Waals surface area contributed by atoms with Crippen molar-refractivity contribution in [2.75, 3.05) is 6.61 Å². The maximum atomic E-state index is 13.1. The molecular weight excluding hydrogens is 435 g/mol. The summed E-state index contributed by atoms with van der Waals surface area (Å²) in [6.45, 7) is 1.33. The molecule has 0 aliphatic heterocycles. The van der Waals surface area contributed by atoms with Crippen molar-refractivity contribution in [2.45, 2.75) is 62.7 Å². The van der Waals surface area contributed by atoms with E-state index < -0.39 is 30.2 Å². The highest BCUT2D eigenvalue weighted by molar-refractivity contribution is 5.85. The fourth-order valence-electron chi connectivity index (χ4n) is 4.71. The van der Waals surface area contributed by atoms with E-state index in [1.54, 1.807) is 0 Å². The zero-order valence-electron chi connectivity index (χ0n) is 18.3. The Morgan fingerprint density at radius 3 is 2.03 bits per heavy atom. The van der Waals surface area contributed by atoms with Crippen molar-refractivity contribution in [2.24, 2.45) is 0 Å². The minimum Gasteiger partial charge on any atom is -0.480 e. The molecule has 0 bridgehead atoms. The van der Waals surface area contributed by atoms with Crippen molar-refractivity contribution < 1.29 is 32.6 Å². The van der Waals surface area contributed by atoms with E-state index in [0.717, 1.165) is 27.2 Å². The normalized spacial score (nSPS) is 17.1. The molecule has 176 valence electrons. The number of alkyl halides is 3. The van der Waals surface area contributed by atoms with Gasteiger partial charge in [0.15, 0.2) is 0 Å². The van der Waals surface area contributed by atoms with Crippen LogP contribution in [0.2, 0.25) is 0 Å². The van der Waals surface area contributed by atoms with Gasteiger partial charge in [0.2, 0.25) is 0 Å². The van der Waals surface area contributed by atoms with E-state index in [1.165, 1.54) is 6.92 Å². The standard InChI is InChI=1S/C25H26F3NO4/c1-24(22(30)31,13-6-14-25(26,27)28)29(16-11-12-16)23(32)33-15-21-19-9-4-2-7-17(19)18-8-3-5-10-20(18)21/h2-5,7-10,16,21H,6,11-15H2,1H3,(H,30,31). The first-order chi connectivity index (χ1) is 15.6. The number of fused-ring (bicyclic) bond motifs is 3. The highest BCUT2D eigenvalue weighted by Gasteiger charge is 2.50. The Morgan fingerprint density at radius 2 is 1.55 bits per heavy atom. The van der Waals surface area contributed by atoms with Gasteiger partial charge in [0.1, 0.15) is 12.1 Å². The molecule has 8 heteroatoms. The lowest BCUT2D eigenvalue weighted by Gasteiger charge is -2.37. The Hall–Kier alpha value is -3.03. The zero-order valence-corrected chi connectivity index (χ0v) is 18.3. The van der Waals surface area contributed by atoms with Crippen molar-refractivity contribution in [1.29, 1.82) is 0 Å². The van der Waals surface area contributed by atoms with Gasteiger partial charge in [-0.3, -0.25) is 4.90 Å². The van der Waals surface area contributed by atoms with E-state index in [-0.39, 0.29) is 31.4 Å². The van der Waals surface area contributed by atoms with E-state index in [1.807, 2.05) is 48.5 Å². The molecule has 0 spiro atoms. The van der Waals surface area contributed by atoms with Gasteiger partial charge in [-0.05, 0) is 54.9 Å². The van der Waals surface area contributed by atoms with Gasteiger partial charge >= 0.3 is 18.2 Å². The van der Waals surface area contributed by atoms with Gasteiger partial charge in [0.05, 0.1) is 0 Å². The lowest BCUT2D eigenvalue weighted by Crippen LogP contribution is -2.56. The van der Waals surface area contributed by atoms with Crippen LogP contribution in [0.1, 0.15) is 56.1 Å². The highest BCUT2D eigenvalue weighted by atomic mass is 19.4. The van der Waals surface area contributed by atoms with Crippen LogP contribution in [0, 0.1) is 0 Å². The van der Waals surface area contributed by atoms with Gasteiger partial charge < -0.3 is 9.84 Å². The number of aliphatic carboxylic acids is 1. The molecule has 1 unspecified atom stereocenters. The third-order valence-electron chi connectivity index (χ3n) is 6.56. The summed E-state index contributed by atoms with van der Waals surface area (Å²) in [5, 5.41) is 9.87. The molecule has 1 saturated carbocycles. The Kier molecular flexibility index (Phi) is 6.12. The first-order valence-corrected chi connectivity index (χ1v) is 11.1. The Labute approximate surface area is 190 Å². The number of nitrogens with zero attached hydrogens (tertiary/aromatic N) is 1. The van der Waals surface area contributed by atoms with Gasteiger partial charge in [-0.1, -0.05) is 48.5 Å². The number of hydrogen-bond donors (Lipinski definition) is 1. The average Bonchev–Trinajstić information content (AvgIpc) is 3.53. The smallest absolute Gasteiger partial charge is 0.411 e. The number of hydrogen-bond acceptors (Lipinski definition) is 3. The second-order valence-corrected chi connectivity index (χ2v) is 8.95. The minimum atomic E-state index is -4.38. The molecule has 1 atom stereocenters. The quantitative estimate of drug-likeness (QED) is 0.526. The highest BCUT2D eigenvalue weighted by Crippen LogP contribution is 2.45. The molecule has 1 N–H and O–H groups in total. The first-order valence-electron chi connectivity index (χ1n) is 11.1. The molecule has 1 fully saturated rings. The Morgan fingerprint density at radius 1 is 1.00 bits per heavy atom. The summed E-state index contributed by atoms with van der Waals surface area (Å²) >= 11 is 0. The van der Waals surface area contributed by atoms with Crippen LogP contribution in [-0.2, 0) is 9.53 Å². The van der Waals surface area contributed by atoms with E-state index >= 15 is 0 Å². The van der Waals surface area contributed by atoms with Gasteiger partial charge in [0, 0.05) is 18.4 Å². The van der Waals surface area contributed by atoms with Gasteiger partial charge in [0.25, 0.3) is 0 Å². The predicted molar refractivity (Wildman–Crippen MR) is 116 cm³/mol. The summed E-state index contributed by atoms with van der Waals surface area (Å²) in [6, 6.07) is 15.3. The number of halogens is 3. The van der Waals surface area contributed by atoms with Crippen molar-refractivity contribution in [3.8, 4) is 11.1 Å². The predicted octanol–water partition coefficient (Wildman–Crippen LogP) is 5.98. The monoisotopic (exact) mass is 461 g/mol. The number of rotatable bonds is 8. The van der Waals surface area contributed by atoms with Crippen LogP contribution < -0.4 is 0 Å². The molecule has 1 amide bonds. The molecule has 5 nitrogen and oxygen atoms in total. The fourth-order valence-corrected chi connectivity index (χ4v) is 4.71. The summed E-state index contributed by atoms with van der Waals surface area (Å²) in [6.07, 6.45) is -5.75. The lowest BCUT2D eigenvalue weighted by molar-refractivity contribution is -0.153. The molecule has 0 heterocycles. The maximum Gasteiger partial charge on any atom is 0.411 e. The number of carboxylic acid groups (broad SMARTS) is 1. The van der Waals surface area contributed by atoms with Gasteiger partial charge in [-0.25, -0.2) is 9.59 Å². The Bertz CT molecular complexity index is 1000. The molecule has 0 saturated heterocycles. The average molecular weight is 461 g/mol. The van der Waals surface area contributed by atoms with Crippen LogP contribution in [0.3, 0.4) is 0 Å². The van der Waals surface area contributed by atoms with Gasteiger partial charge in [-0.2, -0.15) is 13.2 Å². The summed E-state index contributed by atoms with van der Waals surface area (Å²) in [5.74, 6) is -1.52. The number of ether oxygens (including phenoxy) is 1. The summed E-state index contributed by atoms with van der Waals surface area (Å²) in [7, 11) is 0. The molecule has 0 radical (unpaired) electrons. The Balaban J connectivity index is 1.52. The van der Waals surface area contributed by atoms with E-state index in [2.05, 4.69) is 0 Å². The SMILES string of the molecule is CC(CCCC(F)(F)F)(C(=O)O)N(C(=O)OCC1c2ccccc2-c2ccccc21)C1CC1. The van der Waals surface area contributed by atoms with Crippen molar-refractivity contribution in [3.05, 3.63) is 59.7 Å².